The summed E-state index contributed by atoms with van der Waals surface area (Å²) >= 11 is 0. The van der Waals surface area contributed by atoms with Gasteiger partial charge >= 0.3 is 13.5 Å². The highest BCUT2D eigenvalue weighted by molar-refractivity contribution is 7.47. The summed E-state index contributed by atoms with van der Waals surface area (Å²) in [7, 11) is -2.42. The number of aliphatic hydroxyl groups is 2. The average Bonchev–Trinajstić information content (AvgIpc) is 3.60. The minimum atomic E-state index is -4.95. The highest BCUT2D eigenvalue weighted by atomic mass is 31.2. The Hall–Kier alpha value is -3.37. The molecule has 230 valence electrons. The number of phosphoric acid groups is 1. The Morgan fingerprint density at radius 2 is 1.69 bits per heavy atom. The number of ether oxygens (including phenoxy) is 4. The van der Waals surface area contributed by atoms with Crippen LogP contribution < -0.4 is 22.7 Å². The summed E-state index contributed by atoms with van der Waals surface area (Å²) in [5.41, 5.74) is 9.61. The summed E-state index contributed by atoms with van der Waals surface area (Å²) in [6.45, 7) is -1.35. The van der Waals surface area contributed by atoms with Gasteiger partial charge in [-0.05, 0) is 0 Å². The average molecular weight is 617 g/mol. The third-order valence-corrected chi connectivity index (χ3v) is 7.71. The van der Waals surface area contributed by atoms with Crippen LogP contribution in [-0.2, 0) is 32.6 Å². The molecule has 0 spiro atoms. The molecular weight excluding hydrogens is 589 g/mol. The van der Waals surface area contributed by atoms with Crippen molar-refractivity contribution in [2.24, 2.45) is 0 Å². The van der Waals surface area contributed by atoms with Crippen LogP contribution >= 0.6 is 7.82 Å². The molecule has 9 atom stereocenters. The maximum Gasteiger partial charge on any atom is 0.472 e. The largest absolute Gasteiger partial charge is 0.472 e. The fraction of sp³-hybridized carbons (Fsp3) is 0.600. The van der Waals surface area contributed by atoms with E-state index in [-0.39, 0.29) is 23.1 Å². The molecule has 3 aromatic heterocycles. The van der Waals surface area contributed by atoms with E-state index in [1.54, 1.807) is 0 Å². The van der Waals surface area contributed by atoms with Gasteiger partial charge in [-0.3, -0.25) is 28.0 Å². The fourth-order valence-electron chi connectivity index (χ4n) is 4.80. The van der Waals surface area contributed by atoms with Gasteiger partial charge in [-0.2, -0.15) is 9.97 Å². The van der Waals surface area contributed by atoms with Crippen LogP contribution in [-0.4, -0.2) is 113 Å². The Bertz CT molecular complexity index is 1600. The molecule has 22 heteroatoms. The quantitative estimate of drug-likeness (QED) is 0.121. The van der Waals surface area contributed by atoms with Crippen LogP contribution in [0.5, 0.6) is 0 Å². The van der Waals surface area contributed by atoms with E-state index < -0.39 is 81.4 Å². The molecule has 0 radical (unpaired) electrons. The normalized spacial score (nSPS) is 31.1. The van der Waals surface area contributed by atoms with Crippen LogP contribution in [0.3, 0.4) is 0 Å². The smallest absolute Gasteiger partial charge is 0.394 e. The van der Waals surface area contributed by atoms with Crippen molar-refractivity contribution in [1.82, 2.24) is 34.1 Å². The minimum Gasteiger partial charge on any atom is -0.394 e. The maximum atomic E-state index is 13.0. The van der Waals surface area contributed by atoms with Crippen LogP contribution in [0.25, 0.3) is 11.2 Å². The number of hydrogen-bond acceptors (Lipinski definition) is 17. The lowest BCUT2D eigenvalue weighted by Crippen LogP contribution is -2.38. The monoisotopic (exact) mass is 617 g/mol. The Balaban J connectivity index is 1.31. The SMILES string of the molecule is COC1[C@@H](O)[C@@H](COP(=O)(O)OC2[C@@H](CO)O[C@@H](n3cnc4c(=O)[nH]c(N)nc43)[C@H]2OC)O[C@H]1n1cnc(N)nc1=O. The van der Waals surface area contributed by atoms with Gasteiger partial charge in [0.05, 0.1) is 19.5 Å². The first-order valence-corrected chi connectivity index (χ1v) is 13.7. The van der Waals surface area contributed by atoms with Gasteiger partial charge in [0.25, 0.3) is 5.56 Å². The Labute approximate surface area is 234 Å². The number of aromatic nitrogens is 7. The zero-order chi connectivity index (χ0) is 30.3. The first kappa shape index (κ1) is 30.1. The van der Waals surface area contributed by atoms with Crippen molar-refractivity contribution in [3.05, 3.63) is 33.5 Å². The van der Waals surface area contributed by atoms with Crippen LogP contribution in [0.1, 0.15) is 12.5 Å². The first-order valence-electron chi connectivity index (χ1n) is 12.2. The van der Waals surface area contributed by atoms with Crippen molar-refractivity contribution in [3.63, 3.8) is 0 Å². The molecular formula is C20H28N9O12P. The molecule has 8 N–H and O–H groups in total. The summed E-state index contributed by atoms with van der Waals surface area (Å²) in [5.74, 6) is -0.463. The Kier molecular flexibility index (Phi) is 8.40. The van der Waals surface area contributed by atoms with Gasteiger partial charge < -0.3 is 45.5 Å². The standard InChI is InChI=1S/C20H28N9O12P/c1-36-12-10(31)8(40-16(12)29-6-24-18(21)27-20(29)33)4-38-42(34,35)41-11-7(3-30)39-17(13(11)37-2)28-5-23-9-14(28)25-19(22)26-15(9)32/h5-8,10-13,16-17,30-31H,3-4H2,1-2H3,(H,34,35)(H2,21,27,33)(H3,22,25,26,32)/t7-,8-,10+,11?,12?,13+,16-,17-/m1/s1. The fourth-order valence-corrected chi connectivity index (χ4v) is 5.76. The van der Waals surface area contributed by atoms with Crippen molar-refractivity contribution in [3.8, 4) is 0 Å². The number of anilines is 2. The van der Waals surface area contributed by atoms with Crippen molar-refractivity contribution in [2.45, 2.75) is 49.1 Å². The van der Waals surface area contributed by atoms with Crippen molar-refractivity contribution in [1.29, 1.82) is 0 Å². The summed E-state index contributed by atoms with van der Waals surface area (Å²) < 4.78 is 47.9. The Morgan fingerprint density at radius 1 is 1.02 bits per heavy atom. The number of aliphatic hydroxyl groups excluding tert-OH is 2. The predicted molar refractivity (Wildman–Crippen MR) is 136 cm³/mol. The first-order chi connectivity index (χ1) is 20.0. The number of aromatic amines is 1. The number of phosphoric ester groups is 1. The van der Waals surface area contributed by atoms with Crippen molar-refractivity contribution >= 4 is 30.9 Å². The molecule has 2 saturated heterocycles. The highest BCUT2D eigenvalue weighted by Crippen LogP contribution is 2.49. The van der Waals surface area contributed by atoms with Gasteiger partial charge in [0.1, 0.15) is 43.0 Å². The zero-order valence-corrected chi connectivity index (χ0v) is 22.9. The summed E-state index contributed by atoms with van der Waals surface area (Å²) in [6.07, 6.45) is -7.57. The molecule has 0 amide bonds. The summed E-state index contributed by atoms with van der Waals surface area (Å²) in [6, 6.07) is 0. The third kappa shape index (κ3) is 5.54. The molecule has 2 aliphatic heterocycles. The van der Waals surface area contributed by atoms with E-state index >= 15 is 0 Å². The second kappa shape index (κ2) is 11.7. The van der Waals surface area contributed by atoms with Gasteiger partial charge in [0, 0.05) is 14.2 Å². The summed E-state index contributed by atoms with van der Waals surface area (Å²) in [5, 5.41) is 20.6. The number of nitrogen functional groups attached to an aromatic ring is 2. The highest BCUT2D eigenvalue weighted by Gasteiger charge is 2.51. The topological polar surface area (TPSA) is 297 Å². The van der Waals surface area contributed by atoms with Crippen molar-refractivity contribution in [2.75, 3.05) is 38.9 Å². The van der Waals surface area contributed by atoms with Gasteiger partial charge in [-0.25, -0.2) is 19.3 Å². The molecule has 3 aromatic rings. The second-order valence-corrected chi connectivity index (χ2v) is 10.6. The number of fused-ring (bicyclic) bond motifs is 1. The van der Waals surface area contributed by atoms with E-state index in [0.29, 0.717) is 0 Å². The van der Waals surface area contributed by atoms with Gasteiger partial charge in [0.2, 0.25) is 11.9 Å². The van der Waals surface area contributed by atoms with Gasteiger partial charge in [0.15, 0.2) is 23.6 Å². The van der Waals surface area contributed by atoms with Gasteiger partial charge in [-0.1, -0.05) is 0 Å². The molecule has 0 aliphatic carbocycles. The second-order valence-electron chi connectivity index (χ2n) is 9.22. The zero-order valence-electron chi connectivity index (χ0n) is 22.0. The van der Waals surface area contributed by atoms with Crippen LogP contribution in [0, 0.1) is 0 Å². The number of methoxy groups -OCH3 is 2. The molecule has 42 heavy (non-hydrogen) atoms. The van der Waals surface area contributed by atoms with E-state index in [4.69, 9.17) is 39.5 Å². The summed E-state index contributed by atoms with van der Waals surface area (Å²) in [4.78, 5) is 52.6. The van der Waals surface area contributed by atoms with Crippen LogP contribution in [0.2, 0.25) is 0 Å². The number of imidazole rings is 1. The molecule has 3 unspecified atom stereocenters. The lowest BCUT2D eigenvalue weighted by Gasteiger charge is -2.25. The van der Waals surface area contributed by atoms with E-state index in [1.165, 1.54) is 25.1 Å². The molecule has 0 saturated carbocycles. The van der Waals surface area contributed by atoms with Crippen LogP contribution in [0.15, 0.2) is 22.2 Å². The molecule has 5 rings (SSSR count). The molecule has 2 aliphatic rings. The number of nitrogens with one attached hydrogen (secondary N) is 1. The molecule has 0 aromatic carbocycles. The predicted octanol–water partition coefficient (Wildman–Crippen LogP) is -3.38. The van der Waals surface area contributed by atoms with Gasteiger partial charge in [-0.15, -0.1) is 0 Å². The lowest BCUT2D eigenvalue weighted by molar-refractivity contribution is -0.0665. The number of nitrogens with two attached hydrogens (primary N) is 2. The molecule has 0 bridgehead atoms. The minimum absolute atomic E-state index is 0.0318. The third-order valence-electron chi connectivity index (χ3n) is 6.72. The van der Waals surface area contributed by atoms with Crippen molar-refractivity contribution < 1.29 is 47.7 Å². The molecule has 2 fully saturated rings. The maximum absolute atomic E-state index is 13.0. The number of nitrogens with zero attached hydrogens (tertiary/aromatic N) is 6. The van der Waals surface area contributed by atoms with Crippen LogP contribution in [0.4, 0.5) is 11.9 Å². The van der Waals surface area contributed by atoms with E-state index in [0.717, 1.165) is 10.9 Å². The lowest BCUT2D eigenvalue weighted by atomic mass is 10.1. The van der Waals surface area contributed by atoms with E-state index in [2.05, 4.69) is 24.9 Å². The number of hydrogen-bond donors (Lipinski definition) is 6. The molecule has 5 heterocycles. The van der Waals surface area contributed by atoms with E-state index in [1.807, 2.05) is 0 Å². The number of rotatable bonds is 10. The Morgan fingerprint density at radius 3 is 2.36 bits per heavy atom. The number of H-pyrrole nitrogens is 1. The van der Waals surface area contributed by atoms with E-state index in [9.17, 15) is 29.3 Å². The molecule has 21 nitrogen and oxygen atoms in total.